The van der Waals surface area contributed by atoms with Crippen molar-refractivity contribution < 1.29 is 18.1 Å². The number of non-ortho nitro benzene ring substituents is 1. The predicted octanol–water partition coefficient (Wildman–Crippen LogP) is 3.78. The van der Waals surface area contributed by atoms with Gasteiger partial charge >= 0.3 is 0 Å². The number of hydrogen-bond acceptors (Lipinski definition) is 8. The lowest BCUT2D eigenvalue weighted by Gasteiger charge is -2.09. The highest BCUT2D eigenvalue weighted by molar-refractivity contribution is 7.92. The van der Waals surface area contributed by atoms with Crippen LogP contribution in [0.3, 0.4) is 0 Å². The minimum atomic E-state index is -4.00. The first-order chi connectivity index (χ1) is 15.7. The van der Waals surface area contributed by atoms with Crippen LogP contribution in [0.4, 0.5) is 11.4 Å². The fourth-order valence-electron chi connectivity index (χ4n) is 3.03. The normalized spacial score (nSPS) is 11.2. The highest BCUT2D eigenvalue weighted by atomic mass is 32.2. The van der Waals surface area contributed by atoms with E-state index in [1.807, 2.05) is 19.9 Å². The van der Waals surface area contributed by atoms with Crippen LogP contribution in [0.25, 0.3) is 5.82 Å². The van der Waals surface area contributed by atoms with Crippen LogP contribution >= 0.6 is 0 Å². The Morgan fingerprint density at radius 3 is 2.36 bits per heavy atom. The van der Waals surface area contributed by atoms with Gasteiger partial charge in [-0.3, -0.25) is 14.8 Å². The number of aromatic nitrogens is 4. The molecule has 0 bridgehead atoms. The Morgan fingerprint density at radius 2 is 1.76 bits per heavy atom. The van der Waals surface area contributed by atoms with Crippen molar-refractivity contribution in [1.29, 1.82) is 0 Å². The minimum Gasteiger partial charge on any atom is -0.438 e. The van der Waals surface area contributed by atoms with E-state index >= 15 is 0 Å². The van der Waals surface area contributed by atoms with Gasteiger partial charge in [-0.15, -0.1) is 10.2 Å². The molecule has 4 aromatic rings. The number of nitro groups is 1. The SMILES string of the molecule is Cc1cc(C)n(-c2ccc(Oc3ccc(NS(=O)(=O)c4cccc([N+](=O)[O-])c4)cc3)nn2)n1. The number of anilines is 1. The van der Waals surface area contributed by atoms with Crippen LogP contribution < -0.4 is 9.46 Å². The molecule has 0 spiro atoms. The molecule has 0 aliphatic rings. The van der Waals surface area contributed by atoms with Crippen molar-refractivity contribution in [3.63, 3.8) is 0 Å². The maximum Gasteiger partial charge on any atom is 0.270 e. The van der Waals surface area contributed by atoms with E-state index in [-0.39, 0.29) is 22.2 Å². The third kappa shape index (κ3) is 4.96. The standard InChI is InChI=1S/C21H18N6O5S/c1-14-12-15(2)26(24-14)20-10-11-21(23-22-20)32-18-8-6-16(7-9-18)25-33(30,31)19-5-3-4-17(13-19)27(28)29/h3-13,25H,1-2H3. The average Bonchev–Trinajstić information content (AvgIpc) is 3.13. The van der Waals surface area contributed by atoms with E-state index in [1.54, 1.807) is 28.9 Å². The molecule has 0 fully saturated rings. The number of nitrogens with one attached hydrogen (secondary N) is 1. The summed E-state index contributed by atoms with van der Waals surface area (Å²) >= 11 is 0. The Bertz CT molecular complexity index is 1420. The molecule has 33 heavy (non-hydrogen) atoms. The third-order valence-corrected chi connectivity index (χ3v) is 5.90. The Hall–Kier alpha value is -4.32. The fraction of sp³-hybridized carbons (Fsp3) is 0.0952. The second kappa shape index (κ2) is 8.67. The molecule has 0 unspecified atom stereocenters. The van der Waals surface area contributed by atoms with Crippen LogP contribution in [0.2, 0.25) is 0 Å². The molecule has 0 atom stereocenters. The zero-order valence-corrected chi connectivity index (χ0v) is 18.4. The van der Waals surface area contributed by atoms with Crippen molar-refractivity contribution >= 4 is 21.4 Å². The highest BCUT2D eigenvalue weighted by Gasteiger charge is 2.18. The topological polar surface area (TPSA) is 142 Å². The number of benzene rings is 2. The van der Waals surface area contributed by atoms with E-state index in [9.17, 15) is 18.5 Å². The van der Waals surface area contributed by atoms with Crippen LogP contribution in [0, 0.1) is 24.0 Å². The molecule has 2 aromatic heterocycles. The molecule has 0 radical (unpaired) electrons. The van der Waals surface area contributed by atoms with Gasteiger partial charge in [0.05, 0.1) is 15.5 Å². The van der Waals surface area contributed by atoms with Gasteiger partial charge in [-0.2, -0.15) is 5.10 Å². The summed E-state index contributed by atoms with van der Waals surface area (Å²) in [5, 5.41) is 23.4. The summed E-state index contributed by atoms with van der Waals surface area (Å²) in [6.07, 6.45) is 0. The number of hydrogen-bond donors (Lipinski definition) is 1. The molecule has 0 aliphatic carbocycles. The van der Waals surface area contributed by atoms with E-state index in [2.05, 4.69) is 20.0 Å². The molecular weight excluding hydrogens is 448 g/mol. The average molecular weight is 466 g/mol. The number of ether oxygens (including phenoxy) is 1. The first-order valence-corrected chi connectivity index (χ1v) is 11.1. The van der Waals surface area contributed by atoms with Crippen molar-refractivity contribution in [2.75, 3.05) is 4.72 Å². The van der Waals surface area contributed by atoms with Crippen molar-refractivity contribution in [2.45, 2.75) is 18.7 Å². The number of nitro benzene ring substituents is 1. The molecule has 0 saturated heterocycles. The summed E-state index contributed by atoms with van der Waals surface area (Å²) in [6, 6.07) is 16.2. The first-order valence-electron chi connectivity index (χ1n) is 9.64. The fourth-order valence-corrected chi connectivity index (χ4v) is 4.13. The van der Waals surface area contributed by atoms with E-state index in [0.717, 1.165) is 17.5 Å². The largest absolute Gasteiger partial charge is 0.438 e. The van der Waals surface area contributed by atoms with Gasteiger partial charge in [-0.1, -0.05) is 6.07 Å². The van der Waals surface area contributed by atoms with Crippen LogP contribution in [0.1, 0.15) is 11.4 Å². The van der Waals surface area contributed by atoms with Gasteiger partial charge in [0, 0.05) is 29.6 Å². The molecule has 2 aromatic carbocycles. The van der Waals surface area contributed by atoms with Crippen LogP contribution in [-0.4, -0.2) is 33.3 Å². The second-order valence-electron chi connectivity index (χ2n) is 7.06. The van der Waals surface area contributed by atoms with Crippen LogP contribution in [0.15, 0.2) is 71.6 Å². The molecule has 1 N–H and O–H groups in total. The zero-order valence-electron chi connectivity index (χ0n) is 17.5. The minimum absolute atomic E-state index is 0.213. The lowest BCUT2D eigenvalue weighted by atomic mass is 10.3. The van der Waals surface area contributed by atoms with Crippen molar-refractivity contribution in [3.05, 3.63) is 88.2 Å². The number of nitrogens with zero attached hydrogens (tertiary/aromatic N) is 5. The second-order valence-corrected chi connectivity index (χ2v) is 8.74. The van der Waals surface area contributed by atoms with Gasteiger partial charge in [0.15, 0.2) is 5.82 Å². The number of aryl methyl sites for hydroxylation is 2. The molecule has 168 valence electrons. The van der Waals surface area contributed by atoms with Crippen molar-refractivity contribution in [2.24, 2.45) is 0 Å². The summed E-state index contributed by atoms with van der Waals surface area (Å²) in [5.74, 6) is 1.23. The summed E-state index contributed by atoms with van der Waals surface area (Å²) < 4.78 is 34.8. The third-order valence-electron chi connectivity index (χ3n) is 4.52. The van der Waals surface area contributed by atoms with E-state index in [4.69, 9.17) is 4.74 Å². The van der Waals surface area contributed by atoms with Gasteiger partial charge < -0.3 is 4.74 Å². The quantitative estimate of drug-likeness (QED) is 0.320. The van der Waals surface area contributed by atoms with Gasteiger partial charge in [0.25, 0.3) is 15.7 Å². The summed E-state index contributed by atoms with van der Waals surface area (Å²) in [6.45, 7) is 3.81. The van der Waals surface area contributed by atoms with Gasteiger partial charge in [-0.25, -0.2) is 13.1 Å². The van der Waals surface area contributed by atoms with Crippen molar-refractivity contribution in [1.82, 2.24) is 20.0 Å². The van der Waals surface area contributed by atoms with Gasteiger partial charge in [-0.05, 0) is 56.3 Å². The number of sulfonamides is 1. The molecule has 0 amide bonds. The first kappa shape index (κ1) is 21.9. The van der Waals surface area contributed by atoms with Crippen LogP contribution in [0.5, 0.6) is 11.6 Å². The summed E-state index contributed by atoms with van der Waals surface area (Å²) in [5.41, 5.74) is 1.75. The lowest BCUT2D eigenvalue weighted by molar-refractivity contribution is -0.385. The zero-order chi connectivity index (χ0) is 23.6. The Morgan fingerprint density at radius 1 is 1.00 bits per heavy atom. The van der Waals surface area contributed by atoms with Crippen LogP contribution in [-0.2, 0) is 10.0 Å². The molecule has 11 nitrogen and oxygen atoms in total. The monoisotopic (exact) mass is 466 g/mol. The molecule has 12 heteroatoms. The molecule has 2 heterocycles. The lowest BCUT2D eigenvalue weighted by Crippen LogP contribution is -2.13. The predicted molar refractivity (Wildman–Crippen MR) is 119 cm³/mol. The Balaban J connectivity index is 1.45. The highest BCUT2D eigenvalue weighted by Crippen LogP contribution is 2.24. The summed E-state index contributed by atoms with van der Waals surface area (Å²) in [7, 11) is -4.00. The molecule has 4 rings (SSSR count). The maximum atomic E-state index is 12.5. The number of rotatable bonds is 7. The maximum absolute atomic E-state index is 12.5. The smallest absolute Gasteiger partial charge is 0.270 e. The molecule has 0 aliphatic heterocycles. The molecule has 0 saturated carbocycles. The Labute approximate surface area is 188 Å². The van der Waals surface area contributed by atoms with E-state index < -0.39 is 14.9 Å². The summed E-state index contributed by atoms with van der Waals surface area (Å²) in [4.78, 5) is 10.0. The van der Waals surface area contributed by atoms with E-state index in [0.29, 0.717) is 11.6 Å². The van der Waals surface area contributed by atoms with Crippen molar-refractivity contribution in [3.8, 4) is 17.4 Å². The van der Waals surface area contributed by atoms with Gasteiger partial charge in [0.1, 0.15) is 5.75 Å². The van der Waals surface area contributed by atoms with Gasteiger partial charge in [0.2, 0.25) is 5.88 Å². The molecular formula is C21H18N6O5S. The Kier molecular flexibility index (Phi) is 5.75. The van der Waals surface area contributed by atoms with E-state index in [1.165, 1.54) is 30.3 Å².